The van der Waals surface area contributed by atoms with Gasteiger partial charge in [-0.1, -0.05) is 0 Å². The molecule has 0 amide bonds. The van der Waals surface area contributed by atoms with Crippen molar-refractivity contribution >= 4 is 64.8 Å². The van der Waals surface area contributed by atoms with E-state index in [1.54, 1.807) is 11.3 Å². The molecule has 4 rings (SSSR count). The fraction of sp³-hybridized carbons (Fsp3) is 0.130. The average molecular weight is 436 g/mol. The predicted octanol–water partition coefficient (Wildman–Crippen LogP) is 4.94. The van der Waals surface area contributed by atoms with Gasteiger partial charge in [-0.05, 0) is 0 Å². The summed E-state index contributed by atoms with van der Waals surface area (Å²) in [4.78, 5) is 1.25. The van der Waals surface area contributed by atoms with Gasteiger partial charge in [-0.2, -0.15) is 0 Å². The number of hydrogen-bond donors (Lipinski definition) is 0. The summed E-state index contributed by atoms with van der Waals surface area (Å²) in [5.41, 5.74) is 3.53. The van der Waals surface area contributed by atoms with Crippen LogP contribution in [-0.2, 0) is 0 Å². The third kappa shape index (κ3) is 3.65. The van der Waals surface area contributed by atoms with Crippen LogP contribution in [0.15, 0.2) is 66.0 Å². The number of hydrogen-bond acceptors (Lipinski definition) is 1. The molecule has 0 bridgehead atoms. The molecule has 0 aliphatic heterocycles. The SMILES string of the molecule is C[Si](C)(C)C#Cc1sccc1[Se]c1c2ccccc2cc2ccccc12. The molecule has 0 saturated heterocycles. The first kappa shape index (κ1) is 17.6. The molecule has 1 aromatic heterocycles. The molecule has 3 heteroatoms. The number of rotatable bonds is 2. The van der Waals surface area contributed by atoms with Crippen molar-refractivity contribution in [2.45, 2.75) is 19.6 Å². The first-order valence-corrected chi connectivity index (χ1v) is 14.8. The van der Waals surface area contributed by atoms with E-state index in [0.29, 0.717) is 0 Å². The normalized spacial score (nSPS) is 11.5. The molecule has 0 spiro atoms. The zero-order valence-corrected chi connectivity index (χ0v) is 18.7. The molecule has 1 heterocycles. The summed E-state index contributed by atoms with van der Waals surface area (Å²) in [7, 11) is -1.36. The first-order chi connectivity index (χ1) is 12.5. The van der Waals surface area contributed by atoms with Crippen LogP contribution in [0, 0.1) is 11.5 Å². The standard InChI is InChI=1S/C23H20SSeSi/c1-26(2,3)15-13-21-22(12-14-24-21)25-23-19-10-6-4-8-17(19)16-18-9-5-7-11-20(18)23/h4-12,14,16H,1-3H3. The molecule has 0 radical (unpaired) electrons. The molecule has 0 N–H and O–H groups in total. The van der Waals surface area contributed by atoms with Gasteiger partial charge in [0.05, 0.1) is 0 Å². The molecule has 0 fully saturated rings. The van der Waals surface area contributed by atoms with Crippen molar-refractivity contribution in [1.82, 2.24) is 0 Å². The van der Waals surface area contributed by atoms with Crippen LogP contribution < -0.4 is 8.92 Å². The van der Waals surface area contributed by atoms with E-state index in [4.69, 9.17) is 0 Å². The fourth-order valence-electron chi connectivity index (χ4n) is 2.91. The van der Waals surface area contributed by atoms with E-state index in [2.05, 4.69) is 97.1 Å². The number of fused-ring (bicyclic) bond motifs is 2. The molecular formula is C23H20SSeSi. The minimum absolute atomic E-state index is 0.240. The van der Waals surface area contributed by atoms with Gasteiger partial charge in [0, 0.05) is 0 Å². The Bertz CT molecular complexity index is 1100. The van der Waals surface area contributed by atoms with Crippen LogP contribution in [0.2, 0.25) is 19.6 Å². The Morgan fingerprint density at radius 2 is 1.46 bits per heavy atom. The van der Waals surface area contributed by atoms with Crippen molar-refractivity contribution in [3.05, 3.63) is 70.9 Å². The Labute approximate surface area is 166 Å². The molecule has 0 unspecified atom stereocenters. The molecule has 128 valence electrons. The van der Waals surface area contributed by atoms with Crippen LogP contribution in [0.3, 0.4) is 0 Å². The van der Waals surface area contributed by atoms with E-state index in [9.17, 15) is 0 Å². The van der Waals surface area contributed by atoms with E-state index < -0.39 is 8.07 Å². The minimum atomic E-state index is -1.36. The summed E-state index contributed by atoms with van der Waals surface area (Å²) in [6, 6.07) is 22.1. The Hall–Kier alpha value is -1.82. The molecule has 4 aromatic rings. The molecule has 0 aliphatic carbocycles. The zero-order valence-electron chi connectivity index (χ0n) is 15.2. The van der Waals surface area contributed by atoms with E-state index in [1.807, 2.05) is 0 Å². The predicted molar refractivity (Wildman–Crippen MR) is 121 cm³/mol. The molecule has 3 aromatic carbocycles. The monoisotopic (exact) mass is 436 g/mol. The Morgan fingerprint density at radius 1 is 0.846 bits per heavy atom. The van der Waals surface area contributed by atoms with Crippen LogP contribution in [0.25, 0.3) is 21.5 Å². The fourth-order valence-corrected chi connectivity index (χ4v) is 7.13. The van der Waals surface area contributed by atoms with Gasteiger partial charge in [-0.15, -0.1) is 0 Å². The summed E-state index contributed by atoms with van der Waals surface area (Å²) < 4.78 is 2.88. The van der Waals surface area contributed by atoms with E-state index >= 15 is 0 Å². The van der Waals surface area contributed by atoms with Gasteiger partial charge in [0.25, 0.3) is 0 Å². The first-order valence-electron chi connectivity index (χ1n) is 8.70. The summed E-state index contributed by atoms with van der Waals surface area (Å²) in [5, 5.41) is 7.60. The third-order valence-electron chi connectivity index (χ3n) is 4.11. The molecule has 0 nitrogen and oxygen atoms in total. The summed E-state index contributed by atoms with van der Waals surface area (Å²) >= 11 is 2.02. The Kier molecular flexibility index (Phi) is 4.78. The van der Waals surface area contributed by atoms with E-state index in [1.165, 1.54) is 35.3 Å². The molecule has 0 atom stereocenters. The Morgan fingerprint density at radius 3 is 2.08 bits per heavy atom. The van der Waals surface area contributed by atoms with E-state index in [0.717, 1.165) is 0 Å². The second kappa shape index (κ2) is 7.06. The van der Waals surface area contributed by atoms with Crippen molar-refractivity contribution in [2.24, 2.45) is 0 Å². The van der Waals surface area contributed by atoms with Gasteiger partial charge in [0.2, 0.25) is 0 Å². The van der Waals surface area contributed by atoms with Gasteiger partial charge >= 0.3 is 167 Å². The summed E-state index contributed by atoms with van der Waals surface area (Å²) in [5.74, 6) is 3.50. The van der Waals surface area contributed by atoms with Crippen molar-refractivity contribution in [1.29, 1.82) is 0 Å². The third-order valence-corrected chi connectivity index (χ3v) is 8.64. The molecular weight excluding hydrogens is 415 g/mol. The van der Waals surface area contributed by atoms with Crippen LogP contribution in [-0.4, -0.2) is 23.0 Å². The zero-order chi connectivity index (χ0) is 18.1. The van der Waals surface area contributed by atoms with Crippen molar-refractivity contribution < 1.29 is 0 Å². The molecule has 26 heavy (non-hydrogen) atoms. The Balaban J connectivity index is 1.87. The van der Waals surface area contributed by atoms with Gasteiger partial charge in [-0.25, -0.2) is 0 Å². The maximum atomic E-state index is 3.53. The topological polar surface area (TPSA) is 0 Å². The maximum absolute atomic E-state index is 3.53. The van der Waals surface area contributed by atoms with Crippen molar-refractivity contribution in [2.75, 3.05) is 0 Å². The van der Waals surface area contributed by atoms with Gasteiger partial charge in [-0.3, -0.25) is 0 Å². The van der Waals surface area contributed by atoms with Crippen LogP contribution >= 0.6 is 11.3 Å². The van der Waals surface area contributed by atoms with Crippen molar-refractivity contribution in [3.63, 3.8) is 0 Å². The van der Waals surface area contributed by atoms with Gasteiger partial charge < -0.3 is 0 Å². The second-order valence-corrected chi connectivity index (χ2v) is 15.2. The number of benzene rings is 3. The number of thiophene rings is 1. The quantitative estimate of drug-likeness (QED) is 0.238. The van der Waals surface area contributed by atoms with Crippen LogP contribution in [0.1, 0.15) is 4.88 Å². The van der Waals surface area contributed by atoms with Gasteiger partial charge in [0.1, 0.15) is 0 Å². The summed E-state index contributed by atoms with van der Waals surface area (Å²) in [6.07, 6.45) is 0. The van der Waals surface area contributed by atoms with Gasteiger partial charge in [0.15, 0.2) is 0 Å². The van der Waals surface area contributed by atoms with E-state index in [-0.39, 0.29) is 15.0 Å². The molecule has 0 aliphatic rings. The van der Waals surface area contributed by atoms with Crippen molar-refractivity contribution in [3.8, 4) is 11.5 Å². The average Bonchev–Trinajstić information content (AvgIpc) is 3.06. The van der Waals surface area contributed by atoms with Crippen LogP contribution in [0.5, 0.6) is 0 Å². The second-order valence-electron chi connectivity index (χ2n) is 7.36. The molecule has 0 saturated carbocycles. The summed E-state index contributed by atoms with van der Waals surface area (Å²) in [6.45, 7) is 6.91. The van der Waals surface area contributed by atoms with Crippen LogP contribution in [0.4, 0.5) is 0 Å².